The first-order valence-electron chi connectivity index (χ1n) is 13.2. The van der Waals surface area contributed by atoms with Gasteiger partial charge in [0.2, 0.25) is 0 Å². The van der Waals surface area contributed by atoms with E-state index in [4.69, 9.17) is 4.74 Å². The lowest BCUT2D eigenvalue weighted by molar-refractivity contribution is -0.143. The molecule has 0 amide bonds. The van der Waals surface area contributed by atoms with Crippen LogP contribution in [0, 0.1) is 11.8 Å². The molecular formula is C27H54O2. The standard InChI is InChI=1S/C27H54O2/c1-25(2)21-17-14-12-10-8-6-5-7-9-11-13-15-19-23-27(28)29-24-20-16-18-22-26(3)4/h25-26H,5-24H2,1-4H3. The molecule has 2 nitrogen and oxygen atoms in total. The molecule has 2 heteroatoms. The Morgan fingerprint density at radius 3 is 1.28 bits per heavy atom. The first-order valence-corrected chi connectivity index (χ1v) is 13.2. The van der Waals surface area contributed by atoms with Crippen LogP contribution in [0.25, 0.3) is 0 Å². The summed E-state index contributed by atoms with van der Waals surface area (Å²) in [4.78, 5) is 11.7. The minimum absolute atomic E-state index is 0.0121. The van der Waals surface area contributed by atoms with Gasteiger partial charge in [-0.15, -0.1) is 0 Å². The number of esters is 1. The van der Waals surface area contributed by atoms with Gasteiger partial charge in [0.15, 0.2) is 0 Å². The van der Waals surface area contributed by atoms with Crippen LogP contribution in [-0.2, 0) is 9.53 Å². The Morgan fingerprint density at radius 2 is 0.862 bits per heavy atom. The van der Waals surface area contributed by atoms with Crippen molar-refractivity contribution in [3.05, 3.63) is 0 Å². The third kappa shape index (κ3) is 25.4. The summed E-state index contributed by atoms with van der Waals surface area (Å²) in [6, 6.07) is 0. The van der Waals surface area contributed by atoms with Crippen LogP contribution in [0.15, 0.2) is 0 Å². The molecule has 0 fully saturated rings. The van der Waals surface area contributed by atoms with Crippen LogP contribution in [0.3, 0.4) is 0 Å². The number of ether oxygens (including phenoxy) is 1. The van der Waals surface area contributed by atoms with Gasteiger partial charge in [0, 0.05) is 6.42 Å². The zero-order chi connectivity index (χ0) is 21.6. The van der Waals surface area contributed by atoms with Gasteiger partial charge < -0.3 is 4.74 Å². The van der Waals surface area contributed by atoms with Crippen molar-refractivity contribution < 1.29 is 9.53 Å². The average Bonchev–Trinajstić information content (AvgIpc) is 2.67. The molecule has 0 atom stereocenters. The van der Waals surface area contributed by atoms with E-state index < -0.39 is 0 Å². The van der Waals surface area contributed by atoms with Crippen molar-refractivity contribution in [2.45, 2.75) is 150 Å². The van der Waals surface area contributed by atoms with Crippen LogP contribution in [0.2, 0.25) is 0 Å². The van der Waals surface area contributed by atoms with Crippen molar-refractivity contribution in [3.8, 4) is 0 Å². The van der Waals surface area contributed by atoms with Crippen molar-refractivity contribution in [2.75, 3.05) is 6.61 Å². The molecule has 0 aromatic rings. The van der Waals surface area contributed by atoms with E-state index in [1.807, 2.05) is 0 Å². The van der Waals surface area contributed by atoms with E-state index in [1.165, 1.54) is 103 Å². The van der Waals surface area contributed by atoms with Crippen LogP contribution in [0.4, 0.5) is 0 Å². The van der Waals surface area contributed by atoms with Crippen molar-refractivity contribution in [1.29, 1.82) is 0 Å². The highest BCUT2D eigenvalue weighted by molar-refractivity contribution is 5.69. The SMILES string of the molecule is CC(C)CCCCCCCCCCCCCCCC(=O)OCCCCCC(C)C. The second kappa shape index (κ2) is 22.2. The number of rotatable bonds is 22. The molecule has 0 heterocycles. The summed E-state index contributed by atoms with van der Waals surface area (Å²) in [5, 5.41) is 0. The minimum atomic E-state index is 0.0121. The van der Waals surface area contributed by atoms with Gasteiger partial charge in [-0.05, 0) is 24.7 Å². The molecular weight excluding hydrogens is 356 g/mol. The van der Waals surface area contributed by atoms with Gasteiger partial charge >= 0.3 is 5.97 Å². The van der Waals surface area contributed by atoms with Crippen LogP contribution in [-0.4, -0.2) is 12.6 Å². The minimum Gasteiger partial charge on any atom is -0.466 e. The Hall–Kier alpha value is -0.530. The summed E-state index contributed by atoms with van der Waals surface area (Å²) >= 11 is 0. The monoisotopic (exact) mass is 410 g/mol. The van der Waals surface area contributed by atoms with E-state index in [1.54, 1.807) is 0 Å². The number of hydrogen-bond acceptors (Lipinski definition) is 2. The molecule has 0 aromatic carbocycles. The molecule has 0 spiro atoms. The molecule has 0 saturated carbocycles. The summed E-state index contributed by atoms with van der Waals surface area (Å²) in [7, 11) is 0. The largest absolute Gasteiger partial charge is 0.466 e. The Labute approximate surface area is 184 Å². The van der Waals surface area contributed by atoms with E-state index in [9.17, 15) is 4.79 Å². The first kappa shape index (κ1) is 28.5. The molecule has 174 valence electrons. The summed E-state index contributed by atoms with van der Waals surface area (Å²) in [6.07, 6.45) is 24.3. The Balaban J connectivity index is 3.15. The second-order valence-corrected chi connectivity index (χ2v) is 9.99. The highest BCUT2D eigenvalue weighted by Gasteiger charge is 2.03. The maximum atomic E-state index is 11.7. The third-order valence-corrected chi connectivity index (χ3v) is 5.85. The Morgan fingerprint density at radius 1 is 0.517 bits per heavy atom. The maximum absolute atomic E-state index is 11.7. The van der Waals surface area contributed by atoms with Gasteiger partial charge in [-0.25, -0.2) is 0 Å². The summed E-state index contributed by atoms with van der Waals surface area (Å²) in [6.45, 7) is 9.79. The molecule has 0 radical (unpaired) electrons. The van der Waals surface area contributed by atoms with E-state index in [0.717, 1.165) is 24.7 Å². The lowest BCUT2D eigenvalue weighted by Gasteiger charge is -2.06. The maximum Gasteiger partial charge on any atom is 0.305 e. The predicted molar refractivity (Wildman–Crippen MR) is 128 cm³/mol. The van der Waals surface area contributed by atoms with Crippen LogP contribution in [0.5, 0.6) is 0 Å². The van der Waals surface area contributed by atoms with Crippen LogP contribution >= 0.6 is 0 Å². The van der Waals surface area contributed by atoms with Crippen LogP contribution < -0.4 is 0 Å². The van der Waals surface area contributed by atoms with Gasteiger partial charge in [0.1, 0.15) is 0 Å². The zero-order valence-corrected chi connectivity index (χ0v) is 20.6. The molecule has 0 aliphatic rings. The van der Waals surface area contributed by atoms with Crippen LogP contribution in [0.1, 0.15) is 150 Å². The topological polar surface area (TPSA) is 26.3 Å². The molecule has 0 saturated heterocycles. The fourth-order valence-electron chi connectivity index (χ4n) is 3.86. The van der Waals surface area contributed by atoms with E-state index in [2.05, 4.69) is 27.7 Å². The van der Waals surface area contributed by atoms with Gasteiger partial charge in [-0.3, -0.25) is 4.79 Å². The molecule has 0 N–H and O–H groups in total. The molecule has 0 rings (SSSR count). The second-order valence-electron chi connectivity index (χ2n) is 9.99. The Kier molecular flexibility index (Phi) is 21.8. The molecule has 0 unspecified atom stereocenters. The summed E-state index contributed by atoms with van der Waals surface area (Å²) < 4.78 is 5.33. The van der Waals surface area contributed by atoms with Gasteiger partial charge in [0.05, 0.1) is 6.61 Å². The van der Waals surface area contributed by atoms with Gasteiger partial charge in [-0.1, -0.05) is 130 Å². The van der Waals surface area contributed by atoms with Gasteiger partial charge in [0.25, 0.3) is 0 Å². The van der Waals surface area contributed by atoms with Gasteiger partial charge in [-0.2, -0.15) is 0 Å². The molecule has 0 bridgehead atoms. The third-order valence-electron chi connectivity index (χ3n) is 5.85. The zero-order valence-electron chi connectivity index (χ0n) is 20.6. The normalized spacial score (nSPS) is 11.5. The van der Waals surface area contributed by atoms with E-state index >= 15 is 0 Å². The predicted octanol–water partition coefficient (Wildman–Crippen LogP) is 9.25. The van der Waals surface area contributed by atoms with E-state index in [-0.39, 0.29) is 5.97 Å². The van der Waals surface area contributed by atoms with Crippen molar-refractivity contribution in [3.63, 3.8) is 0 Å². The number of carbonyl (C=O) groups is 1. The summed E-state index contributed by atoms with van der Waals surface area (Å²) in [5.41, 5.74) is 0. The lowest BCUT2D eigenvalue weighted by atomic mass is 10.0. The number of unbranched alkanes of at least 4 members (excludes halogenated alkanes) is 14. The number of carbonyl (C=O) groups excluding carboxylic acids is 1. The van der Waals surface area contributed by atoms with Crippen molar-refractivity contribution in [2.24, 2.45) is 11.8 Å². The highest BCUT2D eigenvalue weighted by atomic mass is 16.5. The fourth-order valence-corrected chi connectivity index (χ4v) is 3.86. The first-order chi connectivity index (χ1) is 14.0. The number of hydrogen-bond donors (Lipinski definition) is 0. The van der Waals surface area contributed by atoms with Crippen molar-refractivity contribution >= 4 is 5.97 Å². The quantitative estimate of drug-likeness (QED) is 0.131. The van der Waals surface area contributed by atoms with E-state index in [0.29, 0.717) is 13.0 Å². The molecule has 0 aliphatic heterocycles. The highest BCUT2D eigenvalue weighted by Crippen LogP contribution is 2.15. The Bertz CT molecular complexity index is 335. The fraction of sp³-hybridized carbons (Fsp3) is 0.963. The molecule has 0 aliphatic carbocycles. The van der Waals surface area contributed by atoms with Crippen molar-refractivity contribution in [1.82, 2.24) is 0 Å². The molecule has 0 aromatic heterocycles. The lowest BCUT2D eigenvalue weighted by Crippen LogP contribution is -2.05. The molecule has 29 heavy (non-hydrogen) atoms. The smallest absolute Gasteiger partial charge is 0.305 e. The average molecular weight is 411 g/mol. The summed E-state index contributed by atoms with van der Waals surface area (Å²) in [5.74, 6) is 1.67.